The third kappa shape index (κ3) is 2.79. The molecule has 0 aliphatic carbocycles. The van der Waals surface area contributed by atoms with E-state index < -0.39 is 10.8 Å². The van der Waals surface area contributed by atoms with Crippen LogP contribution in [0.25, 0.3) is 0 Å². The largest absolute Gasteiger partial charge is 0.358 e. The first-order valence-electron chi connectivity index (χ1n) is 5.68. The molecule has 0 atom stereocenters. The van der Waals surface area contributed by atoms with Crippen molar-refractivity contribution in [3.63, 3.8) is 0 Å². The lowest BCUT2D eigenvalue weighted by Crippen LogP contribution is -2.25. The average Bonchev–Trinajstić information content (AvgIpc) is 2.80. The number of nitro groups is 1. The molecular formula is C12H11FN4O3. The molecule has 2 aromatic rings. The van der Waals surface area contributed by atoms with Crippen molar-refractivity contribution in [3.05, 3.63) is 57.8 Å². The monoisotopic (exact) mass is 278 g/mol. The van der Waals surface area contributed by atoms with Crippen LogP contribution >= 0.6 is 0 Å². The molecule has 0 radical (unpaired) electrons. The number of benzene rings is 1. The van der Waals surface area contributed by atoms with Gasteiger partial charge in [0, 0.05) is 6.54 Å². The maximum Gasteiger partial charge on any atom is 0.343 e. The van der Waals surface area contributed by atoms with Gasteiger partial charge in [0.05, 0.1) is 7.05 Å². The standard InChI is InChI=1S/C12H11FN4O3/c1-16-10(17(19)20)7-14-11(16)12(18)15-6-8-2-4-9(13)5-3-8/h2-5,7H,6H2,1H3,(H,15,18). The molecule has 2 rings (SSSR count). The highest BCUT2D eigenvalue weighted by Gasteiger charge is 2.22. The molecule has 104 valence electrons. The molecule has 0 aliphatic rings. The summed E-state index contributed by atoms with van der Waals surface area (Å²) in [5, 5.41) is 13.2. The minimum absolute atomic E-state index is 0.0567. The molecule has 1 N–H and O–H groups in total. The SMILES string of the molecule is Cn1c([N+](=O)[O-])cnc1C(=O)NCc1ccc(F)cc1. The van der Waals surface area contributed by atoms with Gasteiger partial charge in [-0.15, -0.1) is 0 Å². The number of carbonyl (C=O) groups is 1. The Bertz CT molecular complexity index is 651. The predicted octanol–water partition coefficient (Wildman–Crippen LogP) is 1.40. The van der Waals surface area contributed by atoms with Gasteiger partial charge in [0.25, 0.3) is 5.82 Å². The zero-order chi connectivity index (χ0) is 14.7. The first-order chi connectivity index (χ1) is 9.49. The molecule has 0 unspecified atom stereocenters. The second-order valence-corrected chi connectivity index (χ2v) is 4.07. The minimum Gasteiger partial charge on any atom is -0.358 e. The number of rotatable bonds is 4. The van der Waals surface area contributed by atoms with Gasteiger partial charge >= 0.3 is 11.7 Å². The molecule has 7 nitrogen and oxygen atoms in total. The predicted molar refractivity (Wildman–Crippen MR) is 67.4 cm³/mol. The summed E-state index contributed by atoms with van der Waals surface area (Å²) >= 11 is 0. The van der Waals surface area contributed by atoms with E-state index in [1.165, 1.54) is 31.3 Å². The molecule has 8 heteroatoms. The van der Waals surface area contributed by atoms with Crippen LogP contribution in [0.5, 0.6) is 0 Å². The van der Waals surface area contributed by atoms with Crippen LogP contribution in [-0.2, 0) is 13.6 Å². The normalized spacial score (nSPS) is 10.3. The second kappa shape index (κ2) is 5.47. The van der Waals surface area contributed by atoms with Crippen molar-refractivity contribution >= 4 is 11.7 Å². The van der Waals surface area contributed by atoms with Gasteiger partial charge in [0.1, 0.15) is 12.0 Å². The van der Waals surface area contributed by atoms with Gasteiger partial charge in [-0.25, -0.2) is 13.9 Å². The number of nitrogens with one attached hydrogen (secondary N) is 1. The summed E-state index contributed by atoms with van der Waals surface area (Å²) in [6, 6.07) is 5.65. The minimum atomic E-state index is -0.621. The van der Waals surface area contributed by atoms with Crippen LogP contribution in [0.15, 0.2) is 30.5 Å². The van der Waals surface area contributed by atoms with Gasteiger partial charge in [-0.1, -0.05) is 12.1 Å². The van der Waals surface area contributed by atoms with Crippen molar-refractivity contribution in [1.29, 1.82) is 0 Å². The van der Waals surface area contributed by atoms with Crippen molar-refractivity contribution in [2.45, 2.75) is 6.54 Å². The number of carbonyl (C=O) groups excluding carboxylic acids is 1. The Balaban J connectivity index is 2.05. The maximum absolute atomic E-state index is 12.7. The van der Waals surface area contributed by atoms with Gasteiger partial charge < -0.3 is 15.4 Å². The van der Waals surface area contributed by atoms with Crippen LogP contribution in [0.4, 0.5) is 10.2 Å². The Kier molecular flexibility index (Phi) is 3.74. The van der Waals surface area contributed by atoms with E-state index in [0.29, 0.717) is 5.56 Å². The van der Waals surface area contributed by atoms with E-state index in [0.717, 1.165) is 10.8 Å². The van der Waals surface area contributed by atoms with Crippen molar-refractivity contribution in [2.24, 2.45) is 7.05 Å². The van der Waals surface area contributed by atoms with Crippen molar-refractivity contribution in [3.8, 4) is 0 Å². The molecule has 0 bridgehead atoms. The van der Waals surface area contributed by atoms with Gasteiger partial charge in [-0.3, -0.25) is 4.79 Å². The van der Waals surface area contributed by atoms with Crippen molar-refractivity contribution in [2.75, 3.05) is 0 Å². The third-order valence-corrected chi connectivity index (χ3v) is 2.72. The maximum atomic E-state index is 12.7. The van der Waals surface area contributed by atoms with Gasteiger partial charge in [-0.2, -0.15) is 0 Å². The second-order valence-electron chi connectivity index (χ2n) is 4.07. The Morgan fingerprint density at radius 3 is 2.65 bits per heavy atom. The Labute approximate surface area is 113 Å². The average molecular weight is 278 g/mol. The highest BCUT2D eigenvalue weighted by Crippen LogP contribution is 2.11. The van der Waals surface area contributed by atoms with Gasteiger partial charge in [-0.05, 0) is 22.6 Å². The summed E-state index contributed by atoms with van der Waals surface area (Å²) < 4.78 is 13.8. The molecule has 0 saturated carbocycles. The van der Waals surface area contributed by atoms with E-state index >= 15 is 0 Å². The molecule has 0 aliphatic heterocycles. The molecular weight excluding hydrogens is 267 g/mol. The lowest BCUT2D eigenvalue weighted by atomic mass is 10.2. The lowest BCUT2D eigenvalue weighted by Gasteiger charge is -2.03. The first-order valence-corrected chi connectivity index (χ1v) is 5.68. The smallest absolute Gasteiger partial charge is 0.343 e. The van der Waals surface area contributed by atoms with Crippen molar-refractivity contribution in [1.82, 2.24) is 14.9 Å². The summed E-state index contributed by atoms with van der Waals surface area (Å²) in [6.45, 7) is 0.180. The van der Waals surface area contributed by atoms with E-state index in [1.54, 1.807) is 0 Å². The first kappa shape index (κ1) is 13.7. The highest BCUT2D eigenvalue weighted by atomic mass is 19.1. The molecule has 1 aromatic carbocycles. The summed E-state index contributed by atoms with van der Waals surface area (Å²) in [6.07, 6.45) is 1.02. The van der Waals surface area contributed by atoms with Gasteiger partial charge in [0.15, 0.2) is 0 Å². The number of hydrogen-bond acceptors (Lipinski definition) is 4. The molecule has 1 amide bonds. The fourth-order valence-corrected chi connectivity index (χ4v) is 1.64. The number of imidazole rings is 1. The van der Waals surface area contributed by atoms with E-state index in [9.17, 15) is 19.3 Å². The van der Waals surface area contributed by atoms with Crippen molar-refractivity contribution < 1.29 is 14.1 Å². The highest BCUT2D eigenvalue weighted by molar-refractivity contribution is 5.91. The topological polar surface area (TPSA) is 90.1 Å². The summed E-state index contributed by atoms with van der Waals surface area (Å²) in [5.74, 6) is -1.22. The molecule has 0 spiro atoms. The Morgan fingerprint density at radius 2 is 2.10 bits per heavy atom. The molecule has 1 heterocycles. The third-order valence-electron chi connectivity index (χ3n) is 2.72. The van der Waals surface area contributed by atoms with E-state index in [4.69, 9.17) is 0 Å². The van der Waals surface area contributed by atoms with E-state index in [-0.39, 0.29) is 24.0 Å². The molecule has 20 heavy (non-hydrogen) atoms. The van der Waals surface area contributed by atoms with Crippen LogP contribution in [0.3, 0.4) is 0 Å². The Morgan fingerprint density at radius 1 is 1.45 bits per heavy atom. The molecule has 1 aromatic heterocycles. The summed E-state index contributed by atoms with van der Waals surface area (Å²) in [7, 11) is 1.39. The van der Waals surface area contributed by atoms with E-state index in [2.05, 4.69) is 10.3 Å². The van der Waals surface area contributed by atoms with E-state index in [1.807, 2.05) is 0 Å². The van der Waals surface area contributed by atoms with Crippen LogP contribution in [0.2, 0.25) is 0 Å². The fourth-order valence-electron chi connectivity index (χ4n) is 1.64. The number of aromatic nitrogens is 2. The van der Waals surface area contributed by atoms with Crippen LogP contribution in [0, 0.1) is 15.9 Å². The number of hydrogen-bond donors (Lipinski definition) is 1. The van der Waals surface area contributed by atoms with Crippen LogP contribution in [0.1, 0.15) is 16.2 Å². The zero-order valence-corrected chi connectivity index (χ0v) is 10.5. The Hall–Kier alpha value is -2.77. The van der Waals surface area contributed by atoms with Crippen LogP contribution in [-0.4, -0.2) is 20.4 Å². The lowest BCUT2D eigenvalue weighted by molar-refractivity contribution is -0.391. The zero-order valence-electron chi connectivity index (χ0n) is 10.5. The quantitative estimate of drug-likeness (QED) is 0.676. The number of amides is 1. The number of halogens is 1. The molecule has 0 saturated heterocycles. The van der Waals surface area contributed by atoms with Gasteiger partial charge in [0.2, 0.25) is 0 Å². The molecule has 0 fully saturated rings. The van der Waals surface area contributed by atoms with Crippen LogP contribution < -0.4 is 5.32 Å². The fraction of sp³-hybridized carbons (Fsp3) is 0.167. The summed E-state index contributed by atoms with van der Waals surface area (Å²) in [5.41, 5.74) is 0.712. The summed E-state index contributed by atoms with van der Waals surface area (Å²) in [4.78, 5) is 25.6. The number of nitrogens with zero attached hydrogens (tertiary/aromatic N) is 3.